The van der Waals surface area contributed by atoms with Crippen molar-refractivity contribution in [2.75, 3.05) is 13.2 Å². The number of aromatic nitrogens is 2. The maximum Gasteiger partial charge on any atom is 0.258 e. The number of imidazole rings is 1. The highest BCUT2D eigenvalue weighted by Crippen LogP contribution is 2.32. The Bertz CT molecular complexity index is 728. The van der Waals surface area contributed by atoms with Crippen LogP contribution in [0.15, 0.2) is 35.7 Å². The zero-order valence-electron chi connectivity index (χ0n) is 11.4. The molecule has 0 fully saturated rings. The molecule has 112 valence electrons. The molecule has 21 heavy (non-hydrogen) atoms. The van der Waals surface area contributed by atoms with Gasteiger partial charge < -0.3 is 14.5 Å². The second-order valence-electron chi connectivity index (χ2n) is 4.66. The van der Waals surface area contributed by atoms with E-state index >= 15 is 0 Å². The summed E-state index contributed by atoms with van der Waals surface area (Å²) in [4.78, 5) is 6.29. The van der Waals surface area contributed by atoms with Crippen molar-refractivity contribution in [3.05, 3.63) is 36.3 Å². The number of rotatable bonds is 4. The molecule has 1 aromatic heterocycles. The van der Waals surface area contributed by atoms with Crippen molar-refractivity contribution in [3.63, 3.8) is 0 Å². The van der Waals surface area contributed by atoms with E-state index in [2.05, 4.69) is 14.7 Å². The van der Waals surface area contributed by atoms with Gasteiger partial charge in [0, 0.05) is 6.04 Å². The molecule has 0 radical (unpaired) electrons. The lowest BCUT2D eigenvalue weighted by molar-refractivity contribution is 0.171. The summed E-state index contributed by atoms with van der Waals surface area (Å²) in [6, 6.07) is 4.97. The molecular weight excluding hydrogens is 294 g/mol. The number of hydrogen-bond acceptors (Lipinski definition) is 5. The van der Waals surface area contributed by atoms with Crippen LogP contribution >= 0.6 is 0 Å². The number of ether oxygens (including phenoxy) is 2. The standard InChI is InChI=1S/C13H15N3O4S/c1-9(16-21(17,18)13-7-14-8-15-13)10-2-3-11-12(6-10)20-5-4-19-11/h2-3,6-9,16H,4-5H2,1H3,(H,14,15). The Hall–Kier alpha value is -2.06. The van der Waals surface area contributed by atoms with Crippen LogP contribution in [-0.2, 0) is 10.0 Å². The second-order valence-corrected chi connectivity index (χ2v) is 6.34. The molecule has 3 rings (SSSR count). The van der Waals surface area contributed by atoms with E-state index in [0.29, 0.717) is 24.7 Å². The van der Waals surface area contributed by atoms with Crippen molar-refractivity contribution >= 4 is 10.0 Å². The van der Waals surface area contributed by atoms with Gasteiger partial charge in [0.15, 0.2) is 16.5 Å². The zero-order chi connectivity index (χ0) is 14.9. The van der Waals surface area contributed by atoms with Crippen LogP contribution in [0.2, 0.25) is 0 Å². The minimum atomic E-state index is -3.63. The van der Waals surface area contributed by atoms with Gasteiger partial charge >= 0.3 is 0 Å². The summed E-state index contributed by atoms with van der Waals surface area (Å²) < 4.78 is 37.8. The lowest BCUT2D eigenvalue weighted by atomic mass is 10.1. The number of aromatic amines is 1. The third-order valence-electron chi connectivity index (χ3n) is 3.16. The Morgan fingerprint density at radius 3 is 2.76 bits per heavy atom. The molecule has 1 unspecified atom stereocenters. The van der Waals surface area contributed by atoms with Crippen LogP contribution in [0.4, 0.5) is 0 Å². The normalized spacial score (nSPS) is 15.7. The van der Waals surface area contributed by atoms with Crippen LogP contribution in [0.1, 0.15) is 18.5 Å². The highest BCUT2D eigenvalue weighted by molar-refractivity contribution is 7.89. The van der Waals surface area contributed by atoms with E-state index in [4.69, 9.17) is 9.47 Å². The Kier molecular flexibility index (Phi) is 3.56. The lowest BCUT2D eigenvalue weighted by Gasteiger charge is -2.20. The van der Waals surface area contributed by atoms with E-state index in [1.807, 2.05) is 6.07 Å². The molecule has 2 heterocycles. The Labute approximate surface area is 122 Å². The fourth-order valence-electron chi connectivity index (χ4n) is 2.08. The highest BCUT2D eigenvalue weighted by atomic mass is 32.2. The van der Waals surface area contributed by atoms with E-state index in [9.17, 15) is 8.42 Å². The largest absolute Gasteiger partial charge is 0.486 e. The molecule has 1 aromatic carbocycles. The minimum absolute atomic E-state index is 0.0342. The monoisotopic (exact) mass is 309 g/mol. The molecule has 2 aromatic rings. The molecule has 0 saturated heterocycles. The van der Waals surface area contributed by atoms with Crippen molar-refractivity contribution in [2.24, 2.45) is 0 Å². The number of sulfonamides is 1. The smallest absolute Gasteiger partial charge is 0.258 e. The number of fused-ring (bicyclic) bond motifs is 1. The summed E-state index contributed by atoms with van der Waals surface area (Å²) in [7, 11) is -3.63. The fourth-order valence-corrected chi connectivity index (χ4v) is 3.22. The number of nitrogens with zero attached hydrogens (tertiary/aromatic N) is 1. The van der Waals surface area contributed by atoms with E-state index in [1.54, 1.807) is 19.1 Å². The molecule has 0 bridgehead atoms. The Morgan fingerprint density at radius 2 is 2.05 bits per heavy atom. The summed E-state index contributed by atoms with van der Waals surface area (Å²) in [5, 5.41) is 0.0342. The van der Waals surface area contributed by atoms with Gasteiger partial charge in [0.25, 0.3) is 10.0 Å². The average molecular weight is 309 g/mol. The molecule has 1 atom stereocenters. The van der Waals surface area contributed by atoms with Gasteiger partial charge in [0.1, 0.15) is 13.2 Å². The molecule has 0 saturated carbocycles. The van der Waals surface area contributed by atoms with Crippen LogP contribution < -0.4 is 14.2 Å². The first-order valence-electron chi connectivity index (χ1n) is 6.46. The first-order chi connectivity index (χ1) is 10.1. The number of hydrogen-bond donors (Lipinski definition) is 2. The fraction of sp³-hybridized carbons (Fsp3) is 0.308. The van der Waals surface area contributed by atoms with Gasteiger partial charge in [0.05, 0.1) is 12.5 Å². The molecule has 0 amide bonds. The van der Waals surface area contributed by atoms with Gasteiger partial charge in [-0.25, -0.2) is 18.1 Å². The van der Waals surface area contributed by atoms with E-state index < -0.39 is 16.1 Å². The first kappa shape index (κ1) is 13.9. The molecule has 7 nitrogen and oxygen atoms in total. The van der Waals surface area contributed by atoms with Crippen LogP contribution in [0.5, 0.6) is 11.5 Å². The van der Waals surface area contributed by atoms with E-state index in [0.717, 1.165) is 5.56 Å². The maximum absolute atomic E-state index is 12.1. The van der Waals surface area contributed by atoms with Crippen molar-refractivity contribution in [1.29, 1.82) is 0 Å². The predicted octanol–water partition coefficient (Wildman–Crippen LogP) is 1.22. The van der Waals surface area contributed by atoms with Gasteiger partial charge in [-0.1, -0.05) is 6.07 Å². The highest BCUT2D eigenvalue weighted by Gasteiger charge is 2.21. The average Bonchev–Trinajstić information content (AvgIpc) is 3.01. The SMILES string of the molecule is CC(NS(=O)(=O)c1cnc[nH]1)c1ccc2c(c1)OCCO2. The van der Waals surface area contributed by atoms with Gasteiger partial charge in [-0.15, -0.1) is 0 Å². The van der Waals surface area contributed by atoms with Gasteiger partial charge in [-0.3, -0.25) is 0 Å². The Morgan fingerprint density at radius 1 is 1.29 bits per heavy atom. The molecule has 2 N–H and O–H groups in total. The summed E-state index contributed by atoms with van der Waals surface area (Å²) in [6.45, 7) is 2.78. The first-order valence-corrected chi connectivity index (χ1v) is 7.95. The Balaban J connectivity index is 1.81. The topological polar surface area (TPSA) is 93.3 Å². The van der Waals surface area contributed by atoms with Crippen LogP contribution in [0, 0.1) is 0 Å². The molecule has 1 aliphatic heterocycles. The summed E-state index contributed by atoms with van der Waals surface area (Å²) in [5.74, 6) is 1.31. The van der Waals surface area contributed by atoms with Crippen LogP contribution in [0.3, 0.4) is 0 Å². The molecular formula is C13H15N3O4S. The predicted molar refractivity (Wildman–Crippen MR) is 74.8 cm³/mol. The third-order valence-corrected chi connectivity index (χ3v) is 4.63. The summed E-state index contributed by atoms with van der Waals surface area (Å²) in [5.41, 5.74) is 0.794. The van der Waals surface area contributed by atoms with Gasteiger partial charge in [-0.2, -0.15) is 0 Å². The molecule has 0 aliphatic carbocycles. The van der Waals surface area contributed by atoms with Gasteiger partial charge in [0.2, 0.25) is 0 Å². The number of H-pyrrole nitrogens is 1. The van der Waals surface area contributed by atoms with Crippen LogP contribution in [-0.4, -0.2) is 31.6 Å². The van der Waals surface area contributed by atoms with Crippen molar-refractivity contribution in [2.45, 2.75) is 18.0 Å². The minimum Gasteiger partial charge on any atom is -0.486 e. The zero-order valence-corrected chi connectivity index (χ0v) is 12.2. The molecule has 8 heteroatoms. The van der Waals surface area contributed by atoms with E-state index in [-0.39, 0.29) is 5.03 Å². The quantitative estimate of drug-likeness (QED) is 0.886. The van der Waals surface area contributed by atoms with Crippen molar-refractivity contribution in [3.8, 4) is 11.5 Å². The molecule has 0 spiro atoms. The number of nitrogens with one attached hydrogen (secondary N) is 2. The van der Waals surface area contributed by atoms with Crippen molar-refractivity contribution in [1.82, 2.24) is 14.7 Å². The summed E-state index contributed by atoms with van der Waals surface area (Å²) >= 11 is 0. The maximum atomic E-state index is 12.1. The number of benzene rings is 1. The summed E-state index contributed by atoms with van der Waals surface area (Å²) in [6.07, 6.45) is 2.59. The second kappa shape index (κ2) is 5.38. The molecule has 1 aliphatic rings. The van der Waals surface area contributed by atoms with Crippen molar-refractivity contribution < 1.29 is 17.9 Å². The van der Waals surface area contributed by atoms with Crippen LogP contribution in [0.25, 0.3) is 0 Å². The lowest BCUT2D eigenvalue weighted by Crippen LogP contribution is -2.27. The third kappa shape index (κ3) is 2.86. The van der Waals surface area contributed by atoms with E-state index in [1.165, 1.54) is 12.5 Å². The van der Waals surface area contributed by atoms with Gasteiger partial charge in [-0.05, 0) is 24.6 Å².